The highest BCUT2D eigenvalue weighted by molar-refractivity contribution is 5.45. The Hall–Kier alpha value is -1.24. The molecule has 0 amide bonds. The topological polar surface area (TPSA) is 20.2 Å². The summed E-state index contributed by atoms with van der Waals surface area (Å²) in [5, 5.41) is 10.4. The van der Waals surface area contributed by atoms with E-state index in [-0.39, 0.29) is 0 Å². The average Bonchev–Trinajstić information content (AvgIpc) is 2.22. The lowest BCUT2D eigenvalue weighted by Crippen LogP contribution is -2.02. The summed E-state index contributed by atoms with van der Waals surface area (Å²) in [4.78, 5) is 0. The lowest BCUT2D eigenvalue weighted by Gasteiger charge is -2.16. The molecule has 1 aromatic carbocycles. The Morgan fingerprint density at radius 3 is 1.79 bits per heavy atom. The van der Waals surface area contributed by atoms with Crippen LogP contribution in [0.1, 0.15) is 51.3 Å². The molecule has 0 saturated heterocycles. The van der Waals surface area contributed by atoms with Gasteiger partial charge in [-0.15, -0.1) is 0 Å². The molecule has 0 fully saturated rings. The second-order valence-electron chi connectivity index (χ2n) is 6.59. The molecule has 19 heavy (non-hydrogen) atoms. The number of phenolic OH excluding ortho intramolecular Hbond substituents is 1. The predicted octanol–water partition coefficient (Wildman–Crippen LogP) is 4.91. The van der Waals surface area contributed by atoms with Gasteiger partial charge in [0.25, 0.3) is 0 Å². The summed E-state index contributed by atoms with van der Waals surface area (Å²) >= 11 is 0. The Morgan fingerprint density at radius 2 is 1.47 bits per heavy atom. The molecule has 0 aliphatic heterocycles. The number of rotatable bonds is 6. The molecule has 0 saturated carbocycles. The van der Waals surface area contributed by atoms with Gasteiger partial charge >= 0.3 is 0 Å². The highest BCUT2D eigenvalue weighted by Gasteiger charge is 2.12. The van der Waals surface area contributed by atoms with E-state index in [2.05, 4.69) is 53.3 Å². The molecule has 1 nitrogen and oxygen atoms in total. The molecule has 0 unspecified atom stereocenters. The van der Waals surface area contributed by atoms with Gasteiger partial charge < -0.3 is 5.11 Å². The Balaban J connectivity index is 3.17. The third-order valence-corrected chi connectivity index (χ3v) is 3.09. The van der Waals surface area contributed by atoms with Crippen LogP contribution in [0.25, 0.3) is 0 Å². The minimum Gasteiger partial charge on any atom is -0.507 e. The summed E-state index contributed by atoms with van der Waals surface area (Å²) in [6.07, 6.45) is 2.76. The maximum absolute atomic E-state index is 10.4. The highest BCUT2D eigenvalue weighted by atomic mass is 16.3. The fraction of sp³-hybridized carbons (Fsp3) is 0.556. The largest absolute Gasteiger partial charge is 0.507 e. The van der Waals surface area contributed by atoms with Crippen molar-refractivity contribution in [1.82, 2.24) is 0 Å². The Bertz CT molecular complexity index is 410. The van der Waals surface area contributed by atoms with Crippen molar-refractivity contribution in [2.75, 3.05) is 0 Å². The first-order valence-electron chi connectivity index (χ1n) is 7.27. The molecule has 0 atom stereocenters. The number of aromatic hydroxyl groups is 1. The van der Waals surface area contributed by atoms with E-state index in [1.807, 2.05) is 0 Å². The van der Waals surface area contributed by atoms with Gasteiger partial charge in [0.05, 0.1) is 0 Å². The highest BCUT2D eigenvalue weighted by Crippen LogP contribution is 2.29. The molecule has 0 heterocycles. The first-order valence-corrected chi connectivity index (χ1v) is 7.27. The average molecular weight is 260 g/mol. The predicted molar refractivity (Wildman–Crippen MR) is 83.7 cm³/mol. The van der Waals surface area contributed by atoms with E-state index in [4.69, 9.17) is 0 Å². The van der Waals surface area contributed by atoms with Gasteiger partial charge in [0.15, 0.2) is 0 Å². The maximum Gasteiger partial charge on any atom is 0.121 e. The minimum atomic E-state index is 0.507. The van der Waals surface area contributed by atoms with Crippen molar-refractivity contribution in [3.63, 3.8) is 0 Å². The number of benzene rings is 1. The molecule has 1 aromatic rings. The van der Waals surface area contributed by atoms with Crippen molar-refractivity contribution in [2.24, 2.45) is 11.8 Å². The summed E-state index contributed by atoms with van der Waals surface area (Å²) < 4.78 is 0. The Labute approximate surface area is 118 Å². The normalized spacial score (nSPS) is 11.3. The van der Waals surface area contributed by atoms with Gasteiger partial charge in [-0.25, -0.2) is 0 Å². The molecule has 0 radical (unpaired) electrons. The quantitative estimate of drug-likeness (QED) is 0.721. The van der Waals surface area contributed by atoms with E-state index in [1.165, 1.54) is 5.56 Å². The molecule has 0 bridgehead atoms. The Kier molecular flexibility index (Phi) is 5.65. The van der Waals surface area contributed by atoms with Gasteiger partial charge in [-0.3, -0.25) is 0 Å². The van der Waals surface area contributed by atoms with Gasteiger partial charge in [-0.05, 0) is 54.7 Å². The lowest BCUT2D eigenvalue weighted by molar-refractivity contribution is 0.450. The van der Waals surface area contributed by atoms with Crippen LogP contribution >= 0.6 is 0 Å². The van der Waals surface area contributed by atoms with E-state index in [0.717, 1.165) is 36.0 Å². The van der Waals surface area contributed by atoms with E-state index in [0.29, 0.717) is 17.6 Å². The van der Waals surface area contributed by atoms with E-state index in [1.54, 1.807) is 0 Å². The molecule has 1 rings (SSSR count). The van der Waals surface area contributed by atoms with Gasteiger partial charge in [-0.1, -0.05) is 52.0 Å². The molecule has 1 N–H and O–H groups in total. The molecule has 0 aliphatic carbocycles. The van der Waals surface area contributed by atoms with Crippen LogP contribution in [0.2, 0.25) is 0 Å². The molecule has 0 spiro atoms. The van der Waals surface area contributed by atoms with Gasteiger partial charge in [0.1, 0.15) is 5.75 Å². The number of hydrogen-bond donors (Lipinski definition) is 1. The molecule has 0 aromatic heterocycles. The monoisotopic (exact) mass is 260 g/mol. The second-order valence-corrected chi connectivity index (χ2v) is 6.59. The van der Waals surface area contributed by atoms with Crippen LogP contribution < -0.4 is 0 Å². The first-order chi connectivity index (χ1) is 8.79. The van der Waals surface area contributed by atoms with E-state index in [9.17, 15) is 5.11 Å². The van der Waals surface area contributed by atoms with Crippen LogP contribution in [0.3, 0.4) is 0 Å². The van der Waals surface area contributed by atoms with Crippen LogP contribution in [0.4, 0.5) is 0 Å². The van der Waals surface area contributed by atoms with Crippen LogP contribution in [-0.4, -0.2) is 5.11 Å². The molecule has 0 aliphatic rings. The number of phenols is 1. The van der Waals surface area contributed by atoms with Crippen molar-refractivity contribution < 1.29 is 5.11 Å². The zero-order valence-electron chi connectivity index (χ0n) is 13.1. The van der Waals surface area contributed by atoms with Crippen LogP contribution in [0.15, 0.2) is 24.3 Å². The molecular formula is C18H28O. The van der Waals surface area contributed by atoms with Crippen molar-refractivity contribution in [1.29, 1.82) is 0 Å². The third-order valence-electron chi connectivity index (χ3n) is 3.09. The van der Waals surface area contributed by atoms with Crippen molar-refractivity contribution in [3.8, 4) is 5.75 Å². The molecular weight excluding hydrogens is 232 g/mol. The van der Waals surface area contributed by atoms with E-state index >= 15 is 0 Å². The number of hydrogen-bond acceptors (Lipinski definition) is 1. The fourth-order valence-corrected chi connectivity index (χ4v) is 2.47. The van der Waals surface area contributed by atoms with Crippen molar-refractivity contribution in [2.45, 2.75) is 53.9 Å². The van der Waals surface area contributed by atoms with Gasteiger partial charge in [0.2, 0.25) is 0 Å². The van der Waals surface area contributed by atoms with Crippen LogP contribution in [-0.2, 0) is 19.3 Å². The zero-order chi connectivity index (χ0) is 14.6. The second kappa shape index (κ2) is 6.79. The van der Waals surface area contributed by atoms with Gasteiger partial charge in [-0.2, -0.15) is 0 Å². The van der Waals surface area contributed by atoms with Crippen molar-refractivity contribution >= 4 is 0 Å². The SMILES string of the molecule is C=C(C)Cc1cc(CC(C)C)c(O)c(CC(C)C)c1. The lowest BCUT2D eigenvalue weighted by atomic mass is 9.91. The smallest absolute Gasteiger partial charge is 0.121 e. The summed E-state index contributed by atoms with van der Waals surface area (Å²) in [5.74, 6) is 1.61. The van der Waals surface area contributed by atoms with Crippen molar-refractivity contribution in [3.05, 3.63) is 41.0 Å². The summed E-state index contributed by atoms with van der Waals surface area (Å²) in [5.41, 5.74) is 4.61. The fourth-order valence-electron chi connectivity index (χ4n) is 2.47. The Morgan fingerprint density at radius 1 is 1.05 bits per heavy atom. The molecule has 106 valence electrons. The molecule has 1 heteroatoms. The van der Waals surface area contributed by atoms with Gasteiger partial charge in [0, 0.05) is 0 Å². The first kappa shape index (κ1) is 15.8. The summed E-state index contributed by atoms with van der Waals surface area (Å²) in [6, 6.07) is 4.29. The maximum atomic E-state index is 10.4. The summed E-state index contributed by atoms with van der Waals surface area (Å²) in [6.45, 7) is 14.8. The standard InChI is InChI=1S/C18H28O/c1-12(2)7-15-10-16(8-13(3)4)18(19)17(11-15)9-14(5)6/h10-11,13-14,19H,1,7-9H2,2-6H3. The van der Waals surface area contributed by atoms with E-state index < -0.39 is 0 Å². The summed E-state index contributed by atoms with van der Waals surface area (Å²) in [7, 11) is 0. The number of allylic oxidation sites excluding steroid dienone is 1. The van der Waals surface area contributed by atoms with Crippen LogP contribution in [0, 0.1) is 11.8 Å². The minimum absolute atomic E-state index is 0.507. The third kappa shape index (κ3) is 5.10. The zero-order valence-corrected chi connectivity index (χ0v) is 13.1. The van der Waals surface area contributed by atoms with Crippen LogP contribution in [0.5, 0.6) is 5.75 Å².